The molecule has 1 aliphatic rings. The van der Waals surface area contributed by atoms with Crippen LogP contribution in [0, 0.1) is 0 Å². The van der Waals surface area contributed by atoms with E-state index in [0.717, 1.165) is 42.4 Å². The van der Waals surface area contributed by atoms with Gasteiger partial charge >= 0.3 is 0 Å². The first-order valence-electron chi connectivity index (χ1n) is 10.0. The van der Waals surface area contributed by atoms with Gasteiger partial charge in [0.25, 0.3) is 0 Å². The zero-order valence-corrected chi connectivity index (χ0v) is 17.0. The third-order valence-corrected chi connectivity index (χ3v) is 6.35. The minimum absolute atomic E-state index is 0.429. The van der Waals surface area contributed by atoms with E-state index in [1.54, 1.807) is 6.33 Å². The number of nitrogens with two attached hydrogens (primary N) is 1. The van der Waals surface area contributed by atoms with E-state index in [1.165, 1.54) is 36.2 Å². The molecule has 3 heterocycles. The van der Waals surface area contributed by atoms with E-state index in [4.69, 9.17) is 10.7 Å². The largest absolute Gasteiger partial charge is 0.382 e. The van der Waals surface area contributed by atoms with Crippen LogP contribution in [0.1, 0.15) is 30.7 Å². The third kappa shape index (κ3) is 3.48. The Bertz CT molecular complexity index is 1130. The second-order valence-corrected chi connectivity index (χ2v) is 8.30. The Morgan fingerprint density at radius 1 is 1.03 bits per heavy atom. The lowest BCUT2D eigenvalue weighted by molar-refractivity contribution is 0.654. The van der Waals surface area contributed by atoms with E-state index < -0.39 is 0 Å². The number of imidazole rings is 2. The van der Waals surface area contributed by atoms with Gasteiger partial charge in [-0.15, -0.1) is 0 Å². The summed E-state index contributed by atoms with van der Waals surface area (Å²) < 4.78 is 4.41. The number of nitrogens with zero attached hydrogens (tertiary/aromatic N) is 6. The molecule has 0 aliphatic heterocycles. The van der Waals surface area contributed by atoms with Crippen molar-refractivity contribution in [1.82, 2.24) is 29.1 Å². The van der Waals surface area contributed by atoms with Gasteiger partial charge in [0.15, 0.2) is 16.6 Å². The fourth-order valence-electron chi connectivity index (χ4n) is 3.92. The van der Waals surface area contributed by atoms with Crippen LogP contribution in [0.25, 0.3) is 16.9 Å². The van der Waals surface area contributed by atoms with E-state index in [-0.39, 0.29) is 0 Å². The molecule has 0 saturated heterocycles. The van der Waals surface area contributed by atoms with Gasteiger partial charge in [0.1, 0.15) is 11.8 Å². The fourth-order valence-corrected chi connectivity index (χ4v) is 4.89. The van der Waals surface area contributed by atoms with Crippen LogP contribution in [-0.2, 0) is 19.4 Å². The quantitative estimate of drug-likeness (QED) is 0.389. The molecule has 2 N–H and O–H groups in total. The summed E-state index contributed by atoms with van der Waals surface area (Å²) >= 11 is 1.83. The number of aromatic nitrogens is 6. The van der Waals surface area contributed by atoms with Crippen molar-refractivity contribution in [3.8, 4) is 5.69 Å². The maximum Gasteiger partial charge on any atom is 0.173 e. The van der Waals surface area contributed by atoms with Crippen molar-refractivity contribution in [2.24, 2.45) is 0 Å². The van der Waals surface area contributed by atoms with Gasteiger partial charge in [-0.3, -0.25) is 4.57 Å². The summed E-state index contributed by atoms with van der Waals surface area (Å²) in [5, 5.41) is 1.10. The highest BCUT2D eigenvalue weighted by molar-refractivity contribution is 7.99. The van der Waals surface area contributed by atoms with E-state index in [0.29, 0.717) is 11.3 Å². The van der Waals surface area contributed by atoms with Crippen LogP contribution in [0.4, 0.5) is 5.82 Å². The maximum atomic E-state index is 5.88. The summed E-state index contributed by atoms with van der Waals surface area (Å²) in [6.45, 7) is 0.839. The van der Waals surface area contributed by atoms with Gasteiger partial charge in [0, 0.05) is 23.7 Å². The lowest BCUT2D eigenvalue weighted by Gasteiger charge is -2.15. The molecular weight excluding hydrogens is 382 g/mol. The third-order valence-electron chi connectivity index (χ3n) is 5.32. The first-order chi connectivity index (χ1) is 14.3. The molecule has 0 atom stereocenters. The summed E-state index contributed by atoms with van der Waals surface area (Å²) in [5.41, 5.74) is 11.2. The number of hydrogen-bond acceptors (Lipinski definition) is 6. The monoisotopic (exact) mass is 405 g/mol. The molecule has 0 amide bonds. The average Bonchev–Trinajstić information content (AvgIpc) is 3.34. The number of aryl methyl sites for hydroxylation is 2. The minimum Gasteiger partial charge on any atom is -0.382 e. The van der Waals surface area contributed by atoms with Crippen LogP contribution in [0.15, 0.2) is 48.1 Å². The number of anilines is 1. The van der Waals surface area contributed by atoms with Gasteiger partial charge < -0.3 is 10.3 Å². The second-order valence-electron chi connectivity index (χ2n) is 7.24. The Labute approximate surface area is 173 Å². The zero-order valence-electron chi connectivity index (χ0n) is 16.2. The molecule has 8 heteroatoms. The summed E-state index contributed by atoms with van der Waals surface area (Å²) in [6.07, 6.45) is 8.96. The lowest BCUT2D eigenvalue weighted by atomic mass is 10.0. The smallest absolute Gasteiger partial charge is 0.173 e. The van der Waals surface area contributed by atoms with Crippen molar-refractivity contribution >= 4 is 28.7 Å². The van der Waals surface area contributed by atoms with Gasteiger partial charge in [0.2, 0.25) is 0 Å². The number of nitrogen functional groups attached to an aromatic ring is 1. The van der Waals surface area contributed by atoms with Crippen LogP contribution in [-0.4, -0.2) is 34.8 Å². The van der Waals surface area contributed by atoms with Crippen molar-refractivity contribution < 1.29 is 0 Å². The Kier molecular flexibility index (Phi) is 4.93. The molecule has 3 aromatic heterocycles. The molecule has 1 aromatic carbocycles. The lowest BCUT2D eigenvalue weighted by Crippen LogP contribution is -2.07. The molecule has 148 valence electrons. The summed E-state index contributed by atoms with van der Waals surface area (Å²) in [7, 11) is 0. The molecule has 4 aromatic rings. The molecule has 0 fully saturated rings. The van der Waals surface area contributed by atoms with Crippen molar-refractivity contribution in [2.45, 2.75) is 43.8 Å². The summed E-state index contributed by atoms with van der Waals surface area (Å²) in [6, 6.07) is 10.6. The zero-order chi connectivity index (χ0) is 19.6. The second kappa shape index (κ2) is 7.87. The first kappa shape index (κ1) is 18.2. The van der Waals surface area contributed by atoms with Crippen LogP contribution < -0.4 is 5.73 Å². The number of fused-ring (bicyclic) bond motifs is 2. The van der Waals surface area contributed by atoms with Crippen LogP contribution >= 0.6 is 11.8 Å². The molecule has 29 heavy (non-hydrogen) atoms. The predicted octanol–water partition coefficient (Wildman–Crippen LogP) is 3.66. The SMILES string of the molecule is Nc1ncnc2c1ncn2CCCSc1nc2c(n1-c1ccccc1)CCCC2. The fraction of sp³-hybridized carbons (Fsp3) is 0.333. The molecular formula is C21H23N7S. The predicted molar refractivity (Wildman–Crippen MR) is 115 cm³/mol. The van der Waals surface area contributed by atoms with E-state index in [1.807, 2.05) is 16.3 Å². The molecule has 7 nitrogen and oxygen atoms in total. The Morgan fingerprint density at radius 3 is 2.79 bits per heavy atom. The van der Waals surface area contributed by atoms with Crippen LogP contribution in [0.5, 0.6) is 0 Å². The minimum atomic E-state index is 0.429. The maximum absolute atomic E-state index is 5.88. The Balaban J connectivity index is 1.32. The number of thioether (sulfide) groups is 1. The van der Waals surface area contributed by atoms with Gasteiger partial charge in [-0.2, -0.15) is 0 Å². The standard InChI is InChI=1S/C21H23N7S/c22-19-18-20(24-13-23-19)27(14-25-18)11-6-12-29-21-26-16-9-4-5-10-17(16)28(21)15-7-2-1-3-8-15/h1-3,7-8,13-14H,4-6,9-12H2,(H2,22,23,24). The van der Waals surface area contributed by atoms with Gasteiger partial charge in [-0.1, -0.05) is 30.0 Å². The van der Waals surface area contributed by atoms with E-state index in [2.05, 4.69) is 49.9 Å². The number of rotatable bonds is 6. The van der Waals surface area contributed by atoms with Gasteiger partial charge in [-0.05, 0) is 44.2 Å². The van der Waals surface area contributed by atoms with Crippen molar-refractivity contribution in [3.63, 3.8) is 0 Å². The van der Waals surface area contributed by atoms with Crippen LogP contribution in [0.3, 0.4) is 0 Å². The molecule has 0 saturated carbocycles. The average molecular weight is 406 g/mol. The molecule has 0 bridgehead atoms. The highest BCUT2D eigenvalue weighted by Crippen LogP contribution is 2.31. The number of benzene rings is 1. The van der Waals surface area contributed by atoms with Crippen molar-refractivity contribution in [3.05, 3.63) is 54.4 Å². The number of para-hydroxylation sites is 1. The van der Waals surface area contributed by atoms with Crippen molar-refractivity contribution in [2.75, 3.05) is 11.5 Å². The van der Waals surface area contributed by atoms with E-state index >= 15 is 0 Å². The topological polar surface area (TPSA) is 87.4 Å². The van der Waals surface area contributed by atoms with Crippen LogP contribution in [0.2, 0.25) is 0 Å². The van der Waals surface area contributed by atoms with E-state index in [9.17, 15) is 0 Å². The molecule has 0 radical (unpaired) electrons. The normalized spacial score (nSPS) is 13.7. The molecule has 5 rings (SSSR count). The Morgan fingerprint density at radius 2 is 1.90 bits per heavy atom. The Hall–Kier alpha value is -2.87. The highest BCUT2D eigenvalue weighted by atomic mass is 32.2. The van der Waals surface area contributed by atoms with Gasteiger partial charge in [-0.25, -0.2) is 19.9 Å². The van der Waals surface area contributed by atoms with Gasteiger partial charge in [0.05, 0.1) is 12.0 Å². The molecule has 0 spiro atoms. The van der Waals surface area contributed by atoms with Crippen molar-refractivity contribution in [1.29, 1.82) is 0 Å². The first-order valence-corrected chi connectivity index (χ1v) is 11.0. The highest BCUT2D eigenvalue weighted by Gasteiger charge is 2.21. The molecule has 1 aliphatic carbocycles. The summed E-state index contributed by atoms with van der Waals surface area (Å²) in [5.74, 6) is 1.40. The summed E-state index contributed by atoms with van der Waals surface area (Å²) in [4.78, 5) is 17.7. The molecule has 0 unspecified atom stereocenters. The number of hydrogen-bond donors (Lipinski definition) is 1.